The molecule has 4 heteroatoms. The van der Waals surface area contributed by atoms with Crippen molar-refractivity contribution in [1.82, 2.24) is 5.32 Å². The maximum absolute atomic E-state index is 12.8. The monoisotopic (exact) mass is 322 g/mol. The zero-order chi connectivity index (χ0) is 16.9. The van der Waals surface area contributed by atoms with Crippen molar-refractivity contribution >= 4 is 17.5 Å². The van der Waals surface area contributed by atoms with Crippen molar-refractivity contribution < 1.29 is 9.59 Å². The first-order valence-corrected chi connectivity index (χ1v) is 8.36. The number of nitrogens with zero attached hydrogens (tertiary/aromatic N) is 1. The third-order valence-electron chi connectivity index (χ3n) is 4.49. The summed E-state index contributed by atoms with van der Waals surface area (Å²) in [6.45, 7) is 0. The van der Waals surface area contributed by atoms with Crippen LogP contribution in [0.1, 0.15) is 24.0 Å². The molecular weight excluding hydrogens is 300 g/mol. The number of likely N-dealkylation sites (N-methyl/N-ethyl adjacent to an activating group) is 1. The van der Waals surface area contributed by atoms with Gasteiger partial charge in [0.1, 0.15) is 6.04 Å². The van der Waals surface area contributed by atoms with E-state index in [0.29, 0.717) is 12.8 Å². The molecule has 0 aromatic heterocycles. The molecule has 0 spiro atoms. The molecule has 1 heterocycles. The Hall–Kier alpha value is -2.62. The fraction of sp³-hybridized carbons (Fsp3) is 0.300. The van der Waals surface area contributed by atoms with Crippen LogP contribution in [0.5, 0.6) is 0 Å². The van der Waals surface area contributed by atoms with Gasteiger partial charge < -0.3 is 5.32 Å². The molecule has 1 unspecified atom stereocenters. The lowest BCUT2D eigenvalue weighted by Crippen LogP contribution is -2.47. The Kier molecular flexibility index (Phi) is 4.94. The first-order valence-electron chi connectivity index (χ1n) is 8.36. The zero-order valence-electron chi connectivity index (χ0n) is 13.9. The summed E-state index contributed by atoms with van der Waals surface area (Å²) in [5.41, 5.74) is 3.16. The van der Waals surface area contributed by atoms with Crippen LogP contribution in [0.3, 0.4) is 0 Å². The number of hydrogen-bond donors (Lipinski definition) is 1. The standard InChI is InChI=1S/C20H22N2O2/c1-21-20(24)18-14-16-11-5-6-12-17(16)22(18)19(23)13-7-10-15-8-3-2-4-9-15/h2-6,8-9,11-12,18H,7,10,13-14H2,1H3,(H,21,24). The molecule has 4 nitrogen and oxygen atoms in total. The topological polar surface area (TPSA) is 49.4 Å². The molecule has 2 amide bonds. The molecule has 24 heavy (non-hydrogen) atoms. The molecule has 0 bridgehead atoms. The van der Waals surface area contributed by atoms with E-state index in [4.69, 9.17) is 0 Å². The average Bonchev–Trinajstić information content (AvgIpc) is 3.01. The van der Waals surface area contributed by atoms with Gasteiger partial charge in [-0.15, -0.1) is 0 Å². The average molecular weight is 322 g/mol. The van der Waals surface area contributed by atoms with E-state index in [-0.39, 0.29) is 11.8 Å². The Morgan fingerprint density at radius 3 is 2.54 bits per heavy atom. The van der Waals surface area contributed by atoms with Gasteiger partial charge in [0.2, 0.25) is 11.8 Å². The summed E-state index contributed by atoms with van der Waals surface area (Å²) in [4.78, 5) is 26.6. The highest BCUT2D eigenvalue weighted by molar-refractivity contribution is 6.03. The van der Waals surface area contributed by atoms with Gasteiger partial charge in [0, 0.05) is 25.6 Å². The molecule has 3 rings (SSSR count). The minimum absolute atomic E-state index is 0.0180. The summed E-state index contributed by atoms with van der Waals surface area (Å²) in [6, 6.07) is 17.5. The number of amides is 2. The SMILES string of the molecule is CNC(=O)C1Cc2ccccc2N1C(=O)CCCc1ccccc1. The third-order valence-corrected chi connectivity index (χ3v) is 4.49. The van der Waals surface area contributed by atoms with Crippen molar-refractivity contribution in [2.45, 2.75) is 31.7 Å². The smallest absolute Gasteiger partial charge is 0.243 e. The van der Waals surface area contributed by atoms with E-state index >= 15 is 0 Å². The van der Waals surface area contributed by atoms with Gasteiger partial charge in [-0.1, -0.05) is 48.5 Å². The molecule has 1 atom stereocenters. The van der Waals surface area contributed by atoms with Crippen LogP contribution in [-0.2, 0) is 22.4 Å². The molecule has 0 fully saturated rings. The van der Waals surface area contributed by atoms with Crippen molar-refractivity contribution in [3.8, 4) is 0 Å². The van der Waals surface area contributed by atoms with Gasteiger partial charge in [0.15, 0.2) is 0 Å². The predicted octanol–water partition coefficient (Wildman–Crippen LogP) is 2.71. The number of fused-ring (bicyclic) bond motifs is 1. The molecule has 0 saturated heterocycles. The fourth-order valence-corrected chi connectivity index (χ4v) is 3.28. The van der Waals surface area contributed by atoms with E-state index in [1.807, 2.05) is 42.5 Å². The van der Waals surface area contributed by atoms with Crippen LogP contribution in [0.15, 0.2) is 54.6 Å². The number of nitrogens with one attached hydrogen (secondary N) is 1. The van der Waals surface area contributed by atoms with Crippen molar-refractivity contribution in [2.24, 2.45) is 0 Å². The summed E-state index contributed by atoms with van der Waals surface area (Å²) >= 11 is 0. The summed E-state index contributed by atoms with van der Waals surface area (Å²) in [5, 5.41) is 2.68. The molecular formula is C20H22N2O2. The highest BCUT2D eigenvalue weighted by atomic mass is 16.2. The number of benzene rings is 2. The molecule has 1 aliphatic heterocycles. The van der Waals surface area contributed by atoms with Crippen LogP contribution in [0, 0.1) is 0 Å². The van der Waals surface area contributed by atoms with Crippen molar-refractivity contribution in [3.63, 3.8) is 0 Å². The van der Waals surface area contributed by atoms with E-state index in [1.54, 1.807) is 11.9 Å². The van der Waals surface area contributed by atoms with Crippen LogP contribution in [0.2, 0.25) is 0 Å². The second-order valence-electron chi connectivity index (χ2n) is 6.07. The summed E-state index contributed by atoms with van der Waals surface area (Å²) in [6.07, 6.45) is 2.67. The quantitative estimate of drug-likeness (QED) is 0.920. The van der Waals surface area contributed by atoms with Gasteiger partial charge in [-0.3, -0.25) is 14.5 Å². The number of carbonyl (C=O) groups is 2. The molecule has 0 saturated carbocycles. The van der Waals surface area contributed by atoms with Gasteiger partial charge >= 0.3 is 0 Å². The molecule has 0 aliphatic carbocycles. The van der Waals surface area contributed by atoms with E-state index in [9.17, 15) is 9.59 Å². The molecule has 2 aromatic rings. The zero-order valence-corrected chi connectivity index (χ0v) is 13.9. The van der Waals surface area contributed by atoms with Crippen molar-refractivity contribution in [2.75, 3.05) is 11.9 Å². The largest absolute Gasteiger partial charge is 0.357 e. The Balaban J connectivity index is 1.70. The number of anilines is 1. The van der Waals surface area contributed by atoms with Gasteiger partial charge in [0.25, 0.3) is 0 Å². The summed E-state index contributed by atoms with van der Waals surface area (Å²) in [7, 11) is 1.61. The minimum Gasteiger partial charge on any atom is -0.357 e. The fourth-order valence-electron chi connectivity index (χ4n) is 3.28. The minimum atomic E-state index is -0.434. The van der Waals surface area contributed by atoms with Gasteiger partial charge in [-0.25, -0.2) is 0 Å². The Bertz CT molecular complexity index is 727. The Labute approximate surface area is 142 Å². The molecule has 1 N–H and O–H groups in total. The Morgan fingerprint density at radius 1 is 1.08 bits per heavy atom. The second kappa shape index (κ2) is 7.30. The third kappa shape index (κ3) is 3.32. The van der Waals surface area contributed by atoms with E-state index < -0.39 is 6.04 Å². The first kappa shape index (κ1) is 16.2. The van der Waals surface area contributed by atoms with Crippen molar-refractivity contribution in [3.05, 3.63) is 65.7 Å². The lowest BCUT2D eigenvalue weighted by molar-refractivity contribution is -0.125. The van der Waals surface area contributed by atoms with Crippen LogP contribution in [-0.4, -0.2) is 24.9 Å². The maximum Gasteiger partial charge on any atom is 0.243 e. The normalized spacial score (nSPS) is 15.9. The maximum atomic E-state index is 12.8. The first-order chi connectivity index (χ1) is 11.7. The molecule has 0 radical (unpaired) electrons. The van der Waals surface area contributed by atoms with Crippen LogP contribution < -0.4 is 10.2 Å². The van der Waals surface area contributed by atoms with E-state index in [1.165, 1.54) is 5.56 Å². The van der Waals surface area contributed by atoms with Gasteiger partial charge in [-0.2, -0.15) is 0 Å². The number of rotatable bonds is 5. The van der Waals surface area contributed by atoms with Crippen LogP contribution >= 0.6 is 0 Å². The second-order valence-corrected chi connectivity index (χ2v) is 6.07. The van der Waals surface area contributed by atoms with Crippen LogP contribution in [0.25, 0.3) is 0 Å². The highest BCUT2D eigenvalue weighted by Crippen LogP contribution is 2.32. The van der Waals surface area contributed by atoms with E-state index in [0.717, 1.165) is 24.1 Å². The summed E-state index contributed by atoms with van der Waals surface area (Å²) in [5.74, 6) is -0.0907. The summed E-state index contributed by atoms with van der Waals surface area (Å²) < 4.78 is 0. The molecule has 1 aliphatic rings. The number of aryl methyl sites for hydroxylation is 1. The number of hydrogen-bond acceptors (Lipinski definition) is 2. The van der Waals surface area contributed by atoms with Gasteiger partial charge in [0.05, 0.1) is 0 Å². The molecule has 124 valence electrons. The number of para-hydroxylation sites is 1. The Morgan fingerprint density at radius 2 is 1.79 bits per heavy atom. The van der Waals surface area contributed by atoms with Crippen molar-refractivity contribution in [1.29, 1.82) is 0 Å². The van der Waals surface area contributed by atoms with E-state index in [2.05, 4.69) is 17.4 Å². The van der Waals surface area contributed by atoms with Gasteiger partial charge in [-0.05, 0) is 30.0 Å². The lowest BCUT2D eigenvalue weighted by Gasteiger charge is -2.24. The highest BCUT2D eigenvalue weighted by Gasteiger charge is 2.37. The number of carbonyl (C=O) groups excluding carboxylic acids is 2. The lowest BCUT2D eigenvalue weighted by atomic mass is 10.1. The predicted molar refractivity (Wildman–Crippen MR) is 94.9 cm³/mol. The molecule has 2 aromatic carbocycles. The van der Waals surface area contributed by atoms with Crippen LogP contribution in [0.4, 0.5) is 5.69 Å².